The van der Waals surface area contributed by atoms with Crippen molar-refractivity contribution in [3.63, 3.8) is 0 Å². The van der Waals surface area contributed by atoms with Gasteiger partial charge in [-0.05, 0) is 48.7 Å². The van der Waals surface area contributed by atoms with Gasteiger partial charge in [-0.1, -0.05) is 36.4 Å². The first kappa shape index (κ1) is 11.7. The zero-order valence-corrected chi connectivity index (χ0v) is 11.1. The molecule has 0 aliphatic carbocycles. The summed E-state index contributed by atoms with van der Waals surface area (Å²) in [6, 6.07) is 14.5. The minimum Gasteiger partial charge on any atom is -0.338 e. The first-order valence-corrected chi connectivity index (χ1v) is 6.42. The second-order valence-corrected chi connectivity index (χ2v) is 4.82. The van der Waals surface area contributed by atoms with E-state index < -0.39 is 0 Å². The van der Waals surface area contributed by atoms with Crippen molar-refractivity contribution in [1.82, 2.24) is 9.97 Å². The van der Waals surface area contributed by atoms with E-state index in [1.54, 1.807) is 0 Å². The van der Waals surface area contributed by atoms with Crippen LogP contribution in [0.1, 0.15) is 22.5 Å². The van der Waals surface area contributed by atoms with E-state index in [2.05, 4.69) is 54.2 Å². The second kappa shape index (κ2) is 4.73. The average Bonchev–Trinajstić information content (AvgIpc) is 2.80. The van der Waals surface area contributed by atoms with Crippen molar-refractivity contribution < 1.29 is 0 Å². The third-order valence-electron chi connectivity index (χ3n) is 3.35. The Hall–Kier alpha value is -2.35. The molecule has 0 amide bonds. The molecule has 1 aromatic heterocycles. The smallest absolute Gasteiger partial charge is 0.131 e. The second-order valence-electron chi connectivity index (χ2n) is 4.82. The number of aromatic nitrogens is 2. The van der Waals surface area contributed by atoms with Crippen molar-refractivity contribution in [2.24, 2.45) is 0 Å². The van der Waals surface area contributed by atoms with Gasteiger partial charge in [0.25, 0.3) is 0 Å². The molecule has 1 heterocycles. The zero-order chi connectivity index (χ0) is 13.2. The fraction of sp³-hybridized carbons (Fsp3) is 0.118. The molecular formula is C17H16N2. The van der Waals surface area contributed by atoms with Crippen LogP contribution in [0.4, 0.5) is 0 Å². The van der Waals surface area contributed by atoms with Crippen molar-refractivity contribution in [1.29, 1.82) is 0 Å². The van der Waals surface area contributed by atoms with Gasteiger partial charge >= 0.3 is 0 Å². The number of hydrogen-bond acceptors (Lipinski definition) is 1. The molecule has 0 bridgehead atoms. The van der Waals surface area contributed by atoms with Gasteiger partial charge in [-0.2, -0.15) is 0 Å². The standard InChI is InChI=1S/C17H16N2/c1-12-10-15-16(11-13(12)2)19-17(18-15)9-8-14-6-4-3-5-7-14/h3-11H,1-2H3,(H,18,19)/b9-8+. The summed E-state index contributed by atoms with van der Waals surface area (Å²) in [6.07, 6.45) is 4.08. The van der Waals surface area contributed by atoms with Crippen LogP contribution in [0, 0.1) is 13.8 Å². The summed E-state index contributed by atoms with van der Waals surface area (Å²) in [6.45, 7) is 4.23. The maximum atomic E-state index is 4.59. The fourth-order valence-corrected chi connectivity index (χ4v) is 2.11. The largest absolute Gasteiger partial charge is 0.338 e. The number of nitrogens with one attached hydrogen (secondary N) is 1. The Labute approximate surface area is 112 Å². The van der Waals surface area contributed by atoms with Gasteiger partial charge in [0.15, 0.2) is 0 Å². The highest BCUT2D eigenvalue weighted by Gasteiger charge is 2.02. The predicted molar refractivity (Wildman–Crippen MR) is 80.9 cm³/mol. The SMILES string of the molecule is Cc1cc2nc(/C=C/c3ccccc3)[nH]c2cc1C. The van der Waals surface area contributed by atoms with Gasteiger partial charge in [-0.3, -0.25) is 0 Å². The first-order valence-electron chi connectivity index (χ1n) is 6.42. The van der Waals surface area contributed by atoms with Crippen LogP contribution in [-0.2, 0) is 0 Å². The molecule has 0 spiro atoms. The number of rotatable bonds is 2. The molecule has 0 radical (unpaired) electrons. The summed E-state index contributed by atoms with van der Waals surface area (Å²) in [5.41, 5.74) is 5.86. The van der Waals surface area contributed by atoms with Gasteiger partial charge in [-0.15, -0.1) is 0 Å². The van der Waals surface area contributed by atoms with E-state index >= 15 is 0 Å². The van der Waals surface area contributed by atoms with Crippen LogP contribution in [0.3, 0.4) is 0 Å². The van der Waals surface area contributed by atoms with Gasteiger partial charge in [0.2, 0.25) is 0 Å². The van der Waals surface area contributed by atoms with Crippen LogP contribution in [0.15, 0.2) is 42.5 Å². The number of aromatic amines is 1. The van der Waals surface area contributed by atoms with Gasteiger partial charge < -0.3 is 4.98 Å². The number of aryl methyl sites for hydroxylation is 2. The highest BCUT2D eigenvalue weighted by Crippen LogP contribution is 2.18. The lowest BCUT2D eigenvalue weighted by Gasteiger charge is -1.97. The Balaban J connectivity index is 1.96. The van der Waals surface area contributed by atoms with Gasteiger partial charge in [0, 0.05) is 0 Å². The summed E-state index contributed by atoms with van der Waals surface area (Å²) in [4.78, 5) is 7.92. The molecule has 3 aromatic rings. The van der Waals surface area contributed by atoms with Crippen LogP contribution in [0.25, 0.3) is 23.2 Å². The highest BCUT2D eigenvalue weighted by atomic mass is 14.9. The normalized spacial score (nSPS) is 11.5. The lowest BCUT2D eigenvalue weighted by atomic mass is 10.1. The summed E-state index contributed by atoms with van der Waals surface area (Å²) in [5, 5.41) is 0. The molecule has 0 unspecified atom stereocenters. The molecule has 0 saturated carbocycles. The number of imidazole rings is 1. The van der Waals surface area contributed by atoms with Crippen LogP contribution < -0.4 is 0 Å². The number of hydrogen-bond donors (Lipinski definition) is 1. The zero-order valence-electron chi connectivity index (χ0n) is 11.1. The predicted octanol–water partition coefficient (Wildman–Crippen LogP) is 4.35. The number of H-pyrrole nitrogens is 1. The topological polar surface area (TPSA) is 28.7 Å². The molecule has 3 rings (SSSR count). The lowest BCUT2D eigenvalue weighted by Crippen LogP contribution is -1.79. The van der Waals surface area contributed by atoms with E-state index in [-0.39, 0.29) is 0 Å². The van der Waals surface area contributed by atoms with Crippen LogP contribution >= 0.6 is 0 Å². The minimum absolute atomic E-state index is 0.892. The maximum Gasteiger partial charge on any atom is 0.131 e. The molecule has 0 fully saturated rings. The van der Waals surface area contributed by atoms with E-state index in [0.29, 0.717) is 0 Å². The van der Waals surface area contributed by atoms with Crippen LogP contribution in [0.2, 0.25) is 0 Å². The number of benzene rings is 2. The van der Waals surface area contributed by atoms with Crippen LogP contribution in [0.5, 0.6) is 0 Å². The van der Waals surface area contributed by atoms with E-state index in [1.165, 1.54) is 16.7 Å². The lowest BCUT2D eigenvalue weighted by molar-refractivity contribution is 1.29. The number of nitrogens with zero attached hydrogens (tertiary/aromatic N) is 1. The summed E-state index contributed by atoms with van der Waals surface area (Å²) >= 11 is 0. The fourth-order valence-electron chi connectivity index (χ4n) is 2.11. The molecule has 2 nitrogen and oxygen atoms in total. The van der Waals surface area contributed by atoms with E-state index in [1.807, 2.05) is 24.3 Å². The van der Waals surface area contributed by atoms with Gasteiger partial charge in [-0.25, -0.2) is 4.98 Å². The Morgan fingerprint density at radius 3 is 2.47 bits per heavy atom. The summed E-state index contributed by atoms with van der Waals surface area (Å²) in [5.74, 6) is 0.892. The molecule has 19 heavy (non-hydrogen) atoms. The molecule has 1 N–H and O–H groups in total. The highest BCUT2D eigenvalue weighted by molar-refractivity contribution is 5.80. The summed E-state index contributed by atoms with van der Waals surface area (Å²) < 4.78 is 0. The van der Waals surface area contributed by atoms with Crippen molar-refractivity contribution in [3.05, 3.63) is 65.0 Å². The molecule has 2 heteroatoms. The Bertz CT molecular complexity index is 698. The molecule has 2 aromatic carbocycles. The van der Waals surface area contributed by atoms with Crippen molar-refractivity contribution in [3.8, 4) is 0 Å². The van der Waals surface area contributed by atoms with Gasteiger partial charge in [0.1, 0.15) is 5.82 Å². The van der Waals surface area contributed by atoms with E-state index in [0.717, 1.165) is 16.9 Å². The first-order chi connectivity index (χ1) is 9.22. The Morgan fingerprint density at radius 2 is 1.68 bits per heavy atom. The maximum absolute atomic E-state index is 4.59. The third kappa shape index (κ3) is 2.43. The Kier molecular flexibility index (Phi) is 2.92. The summed E-state index contributed by atoms with van der Waals surface area (Å²) in [7, 11) is 0. The van der Waals surface area contributed by atoms with Gasteiger partial charge in [0.05, 0.1) is 11.0 Å². The molecule has 94 valence electrons. The Morgan fingerprint density at radius 1 is 0.947 bits per heavy atom. The van der Waals surface area contributed by atoms with Crippen molar-refractivity contribution in [2.45, 2.75) is 13.8 Å². The van der Waals surface area contributed by atoms with Crippen LogP contribution in [-0.4, -0.2) is 9.97 Å². The quantitative estimate of drug-likeness (QED) is 0.717. The van der Waals surface area contributed by atoms with E-state index in [9.17, 15) is 0 Å². The minimum atomic E-state index is 0.892. The van der Waals surface area contributed by atoms with Crippen molar-refractivity contribution >= 4 is 23.2 Å². The molecule has 0 atom stereocenters. The van der Waals surface area contributed by atoms with E-state index in [4.69, 9.17) is 0 Å². The average molecular weight is 248 g/mol. The number of fused-ring (bicyclic) bond motifs is 1. The molecule has 0 aliphatic heterocycles. The molecule has 0 aliphatic rings. The molecular weight excluding hydrogens is 232 g/mol. The monoisotopic (exact) mass is 248 g/mol. The molecule has 0 saturated heterocycles. The van der Waals surface area contributed by atoms with Crippen molar-refractivity contribution in [2.75, 3.05) is 0 Å². The third-order valence-corrected chi connectivity index (χ3v) is 3.35.